The third-order valence-corrected chi connectivity index (χ3v) is 4.82. The molecule has 0 aromatic rings. The van der Waals surface area contributed by atoms with Crippen LogP contribution in [0.4, 0.5) is 0 Å². The fraction of sp³-hybridized carbons (Fsp3) is 0.929. The summed E-state index contributed by atoms with van der Waals surface area (Å²) >= 11 is 0. The summed E-state index contributed by atoms with van der Waals surface area (Å²) < 4.78 is 0. The molecule has 18 heavy (non-hydrogen) atoms. The summed E-state index contributed by atoms with van der Waals surface area (Å²) in [5.74, 6) is 0.939. The van der Waals surface area contributed by atoms with E-state index < -0.39 is 0 Å². The number of carbonyl (C=O) groups is 1. The fourth-order valence-corrected chi connectivity index (χ4v) is 3.25. The first-order valence-corrected chi connectivity index (χ1v) is 7.17. The number of rotatable bonds is 5. The van der Waals surface area contributed by atoms with Gasteiger partial charge in [0.2, 0.25) is 5.91 Å². The van der Waals surface area contributed by atoms with E-state index in [-0.39, 0.29) is 11.3 Å². The van der Waals surface area contributed by atoms with Crippen molar-refractivity contribution in [3.63, 3.8) is 0 Å². The number of carbonyl (C=O) groups excluding carboxylic acids is 1. The van der Waals surface area contributed by atoms with Crippen LogP contribution in [0.15, 0.2) is 0 Å². The zero-order valence-electron chi connectivity index (χ0n) is 11.8. The normalized spacial score (nSPS) is 26.9. The molecule has 1 aliphatic heterocycles. The van der Waals surface area contributed by atoms with Gasteiger partial charge in [-0.3, -0.25) is 4.79 Å². The standard InChI is InChI=1S/C14H27N3O/c1-16-7-4-12(9-16)10-17(2)13(18)8-14(11-15)5-3-6-14/h12H,3-11,15H2,1-2H3. The molecular formula is C14H27N3O. The van der Waals surface area contributed by atoms with Crippen molar-refractivity contribution >= 4 is 5.91 Å². The van der Waals surface area contributed by atoms with Gasteiger partial charge in [-0.2, -0.15) is 0 Å². The van der Waals surface area contributed by atoms with Crippen LogP contribution in [0.5, 0.6) is 0 Å². The van der Waals surface area contributed by atoms with Gasteiger partial charge in [-0.15, -0.1) is 0 Å². The van der Waals surface area contributed by atoms with E-state index >= 15 is 0 Å². The van der Waals surface area contributed by atoms with Crippen molar-refractivity contribution in [1.29, 1.82) is 0 Å². The van der Waals surface area contributed by atoms with Gasteiger partial charge in [0.1, 0.15) is 0 Å². The Morgan fingerprint density at radius 1 is 1.50 bits per heavy atom. The lowest BCUT2D eigenvalue weighted by Gasteiger charge is -2.41. The molecule has 4 heteroatoms. The molecule has 1 amide bonds. The van der Waals surface area contributed by atoms with Crippen molar-refractivity contribution in [2.75, 3.05) is 40.3 Å². The summed E-state index contributed by atoms with van der Waals surface area (Å²) in [5.41, 5.74) is 5.96. The Bertz CT molecular complexity index is 296. The van der Waals surface area contributed by atoms with Crippen LogP contribution in [0.3, 0.4) is 0 Å². The molecule has 0 bridgehead atoms. The van der Waals surface area contributed by atoms with E-state index in [1.807, 2.05) is 11.9 Å². The fourth-order valence-electron chi connectivity index (χ4n) is 3.25. The first-order chi connectivity index (χ1) is 8.54. The van der Waals surface area contributed by atoms with Gasteiger partial charge in [0.05, 0.1) is 0 Å². The first-order valence-electron chi connectivity index (χ1n) is 7.17. The number of nitrogens with zero attached hydrogens (tertiary/aromatic N) is 2. The smallest absolute Gasteiger partial charge is 0.222 e. The van der Waals surface area contributed by atoms with E-state index in [0.29, 0.717) is 18.9 Å². The minimum atomic E-state index is 0.137. The first kappa shape index (κ1) is 13.8. The van der Waals surface area contributed by atoms with Gasteiger partial charge >= 0.3 is 0 Å². The average molecular weight is 253 g/mol. The molecule has 0 aromatic heterocycles. The van der Waals surface area contributed by atoms with Gasteiger partial charge in [-0.05, 0) is 50.7 Å². The molecule has 1 atom stereocenters. The minimum absolute atomic E-state index is 0.137. The maximum Gasteiger partial charge on any atom is 0.222 e. The Labute approximate surface area is 110 Å². The summed E-state index contributed by atoms with van der Waals surface area (Å²) in [5, 5.41) is 0. The maximum absolute atomic E-state index is 12.2. The molecule has 2 fully saturated rings. The Morgan fingerprint density at radius 3 is 2.67 bits per heavy atom. The minimum Gasteiger partial charge on any atom is -0.345 e. The highest BCUT2D eigenvalue weighted by molar-refractivity contribution is 5.76. The molecule has 4 nitrogen and oxygen atoms in total. The summed E-state index contributed by atoms with van der Waals surface area (Å²) in [6.45, 7) is 3.86. The third kappa shape index (κ3) is 3.04. The van der Waals surface area contributed by atoms with Crippen LogP contribution < -0.4 is 5.73 Å². The topological polar surface area (TPSA) is 49.6 Å². The van der Waals surface area contributed by atoms with Crippen LogP contribution in [-0.4, -0.2) is 56.0 Å². The second kappa shape index (κ2) is 5.57. The molecule has 1 aliphatic carbocycles. The van der Waals surface area contributed by atoms with Crippen LogP contribution in [0.2, 0.25) is 0 Å². The van der Waals surface area contributed by atoms with E-state index in [1.54, 1.807) is 0 Å². The molecule has 104 valence electrons. The van der Waals surface area contributed by atoms with Gasteiger partial charge in [0, 0.05) is 26.6 Å². The quantitative estimate of drug-likeness (QED) is 0.792. The summed E-state index contributed by atoms with van der Waals surface area (Å²) in [6, 6.07) is 0. The lowest BCUT2D eigenvalue weighted by atomic mass is 9.66. The predicted molar refractivity (Wildman–Crippen MR) is 73.2 cm³/mol. The molecule has 1 unspecified atom stereocenters. The molecule has 0 aromatic carbocycles. The number of nitrogens with two attached hydrogens (primary N) is 1. The van der Waals surface area contributed by atoms with Crippen LogP contribution in [0.1, 0.15) is 32.1 Å². The molecule has 0 spiro atoms. The third-order valence-electron chi connectivity index (χ3n) is 4.82. The number of amides is 1. The number of hydrogen-bond acceptors (Lipinski definition) is 3. The molecule has 2 rings (SSSR count). The molecule has 1 heterocycles. The molecule has 2 aliphatic rings. The van der Waals surface area contributed by atoms with Crippen LogP contribution in [0, 0.1) is 11.3 Å². The van der Waals surface area contributed by atoms with Crippen molar-refractivity contribution < 1.29 is 4.79 Å². The lowest BCUT2D eigenvalue weighted by molar-refractivity contribution is -0.134. The van der Waals surface area contributed by atoms with E-state index in [2.05, 4.69) is 11.9 Å². The van der Waals surface area contributed by atoms with Crippen molar-refractivity contribution in [3.8, 4) is 0 Å². The van der Waals surface area contributed by atoms with Crippen LogP contribution >= 0.6 is 0 Å². The van der Waals surface area contributed by atoms with E-state index in [9.17, 15) is 4.79 Å². The van der Waals surface area contributed by atoms with E-state index in [1.165, 1.54) is 19.4 Å². The van der Waals surface area contributed by atoms with E-state index in [4.69, 9.17) is 5.73 Å². The van der Waals surface area contributed by atoms with Crippen molar-refractivity contribution in [1.82, 2.24) is 9.80 Å². The largest absolute Gasteiger partial charge is 0.345 e. The van der Waals surface area contributed by atoms with Crippen LogP contribution in [-0.2, 0) is 4.79 Å². The zero-order valence-corrected chi connectivity index (χ0v) is 11.8. The van der Waals surface area contributed by atoms with E-state index in [0.717, 1.165) is 25.9 Å². The maximum atomic E-state index is 12.2. The zero-order chi connectivity index (χ0) is 13.2. The predicted octanol–water partition coefficient (Wildman–Crippen LogP) is 0.916. The van der Waals surface area contributed by atoms with Gasteiger partial charge in [0.15, 0.2) is 0 Å². The number of hydrogen-bond donors (Lipinski definition) is 1. The van der Waals surface area contributed by atoms with Gasteiger partial charge in [0.25, 0.3) is 0 Å². The summed E-state index contributed by atoms with van der Waals surface area (Å²) in [7, 11) is 4.10. The second-order valence-electron chi connectivity index (χ2n) is 6.43. The monoisotopic (exact) mass is 253 g/mol. The van der Waals surface area contributed by atoms with Crippen molar-refractivity contribution in [2.45, 2.75) is 32.1 Å². The molecular weight excluding hydrogens is 226 g/mol. The molecule has 1 saturated carbocycles. The van der Waals surface area contributed by atoms with Crippen LogP contribution in [0.25, 0.3) is 0 Å². The SMILES string of the molecule is CN1CCC(CN(C)C(=O)CC2(CN)CCC2)C1. The van der Waals surface area contributed by atoms with Gasteiger partial charge in [-0.1, -0.05) is 6.42 Å². The summed E-state index contributed by atoms with van der Waals surface area (Å²) in [6.07, 6.45) is 5.38. The highest BCUT2D eigenvalue weighted by Gasteiger charge is 2.38. The molecule has 1 saturated heterocycles. The highest BCUT2D eigenvalue weighted by Crippen LogP contribution is 2.43. The summed E-state index contributed by atoms with van der Waals surface area (Å²) in [4.78, 5) is 16.5. The Balaban J connectivity index is 1.78. The lowest BCUT2D eigenvalue weighted by Crippen LogP contribution is -2.43. The Morgan fingerprint density at radius 2 is 2.22 bits per heavy atom. The van der Waals surface area contributed by atoms with Crippen molar-refractivity contribution in [3.05, 3.63) is 0 Å². The number of likely N-dealkylation sites (tertiary alicyclic amines) is 1. The molecule has 0 radical (unpaired) electrons. The average Bonchev–Trinajstić information content (AvgIpc) is 2.69. The second-order valence-corrected chi connectivity index (χ2v) is 6.43. The highest BCUT2D eigenvalue weighted by atomic mass is 16.2. The Kier molecular flexibility index (Phi) is 4.28. The molecule has 2 N–H and O–H groups in total. The van der Waals surface area contributed by atoms with Gasteiger partial charge in [-0.25, -0.2) is 0 Å². The Hall–Kier alpha value is -0.610. The van der Waals surface area contributed by atoms with Gasteiger partial charge < -0.3 is 15.5 Å². The van der Waals surface area contributed by atoms with Crippen molar-refractivity contribution in [2.24, 2.45) is 17.1 Å².